The highest BCUT2D eigenvalue weighted by molar-refractivity contribution is 7.98. The number of oxazole rings is 1. The molecule has 0 atom stereocenters. The largest absolute Gasteiger partial charge is 0.447 e. The van der Waals surface area contributed by atoms with Crippen LogP contribution in [0.25, 0.3) is 10.2 Å². The molecule has 208 valence electrons. The topological polar surface area (TPSA) is 93.3 Å². The van der Waals surface area contributed by atoms with E-state index in [1.165, 1.54) is 34.0 Å². The van der Waals surface area contributed by atoms with Crippen LogP contribution in [-0.2, 0) is 31.7 Å². The minimum Gasteiger partial charge on any atom is -0.447 e. The summed E-state index contributed by atoms with van der Waals surface area (Å²) in [6, 6.07) is 10.6. The Balaban J connectivity index is 1.07. The highest BCUT2D eigenvalue weighted by Crippen LogP contribution is 2.35. The Bertz CT molecular complexity index is 1570. The molecule has 8 nitrogen and oxygen atoms in total. The van der Waals surface area contributed by atoms with Crippen LogP contribution in [0.15, 0.2) is 63.6 Å². The van der Waals surface area contributed by atoms with E-state index in [0.717, 1.165) is 68.4 Å². The molecule has 0 radical (unpaired) electrons. The van der Waals surface area contributed by atoms with E-state index in [4.69, 9.17) is 9.40 Å². The number of aromatic nitrogens is 3. The Hall–Kier alpha value is -3.21. The summed E-state index contributed by atoms with van der Waals surface area (Å²) >= 11 is 3.04. The van der Waals surface area contributed by atoms with Gasteiger partial charge in [0.1, 0.15) is 11.1 Å². The molecule has 1 aliphatic heterocycles. The van der Waals surface area contributed by atoms with Crippen molar-refractivity contribution >= 4 is 39.2 Å². The summed E-state index contributed by atoms with van der Waals surface area (Å²) in [5.74, 6) is 0.581. The molecule has 2 aliphatic rings. The molecule has 6 rings (SSSR count). The number of rotatable bonds is 9. The fourth-order valence-electron chi connectivity index (χ4n) is 5.56. The smallest absolute Gasteiger partial charge is 0.273 e. The van der Waals surface area contributed by atoms with E-state index >= 15 is 0 Å². The summed E-state index contributed by atoms with van der Waals surface area (Å²) in [5.41, 5.74) is 2.77. The Morgan fingerprint density at radius 3 is 2.77 bits per heavy atom. The minimum absolute atomic E-state index is 0.00548. The van der Waals surface area contributed by atoms with Crippen LogP contribution in [0.1, 0.15) is 58.1 Å². The third-order valence-corrected chi connectivity index (χ3v) is 9.78. The number of piperidine rings is 1. The molecule has 3 aromatic heterocycles. The monoisotopic (exact) mass is 575 g/mol. The van der Waals surface area contributed by atoms with Crippen LogP contribution in [0.2, 0.25) is 0 Å². The summed E-state index contributed by atoms with van der Waals surface area (Å²) in [6.45, 7) is 7.04. The van der Waals surface area contributed by atoms with Crippen molar-refractivity contribution in [1.29, 1.82) is 0 Å². The Labute approximate surface area is 241 Å². The van der Waals surface area contributed by atoms with Gasteiger partial charge in [-0.15, -0.1) is 17.9 Å². The zero-order valence-electron chi connectivity index (χ0n) is 22.4. The van der Waals surface area contributed by atoms with Gasteiger partial charge in [0.2, 0.25) is 5.89 Å². The molecule has 1 N–H and O–H groups in total. The van der Waals surface area contributed by atoms with Crippen molar-refractivity contribution in [3.05, 3.63) is 87.2 Å². The molecule has 10 heteroatoms. The number of amides is 1. The fraction of sp³-hybridized carbons (Fsp3) is 0.400. The van der Waals surface area contributed by atoms with Crippen LogP contribution in [0.5, 0.6) is 0 Å². The SMILES string of the molecule is C=CCn1c(SCc2nc(C(=O)NC3CCN(Cc4ccccc4)CC3)co2)nc2sc3c(c2c1=O)CCCC3. The highest BCUT2D eigenvalue weighted by Gasteiger charge is 2.24. The molecule has 4 heterocycles. The van der Waals surface area contributed by atoms with Crippen LogP contribution in [0.3, 0.4) is 0 Å². The van der Waals surface area contributed by atoms with Gasteiger partial charge in [0.15, 0.2) is 10.9 Å². The number of benzene rings is 1. The number of carbonyl (C=O) groups is 1. The summed E-state index contributed by atoms with van der Waals surface area (Å²) in [6.07, 6.45) is 9.18. The second-order valence-electron chi connectivity index (χ2n) is 10.4. The first-order chi connectivity index (χ1) is 19.6. The molecule has 4 aromatic rings. The molecule has 40 heavy (non-hydrogen) atoms. The van der Waals surface area contributed by atoms with Gasteiger partial charge >= 0.3 is 0 Å². The molecule has 0 spiro atoms. The van der Waals surface area contributed by atoms with E-state index < -0.39 is 0 Å². The highest BCUT2D eigenvalue weighted by atomic mass is 32.2. The van der Waals surface area contributed by atoms with E-state index in [9.17, 15) is 9.59 Å². The summed E-state index contributed by atoms with van der Waals surface area (Å²) in [4.78, 5) is 40.2. The zero-order valence-corrected chi connectivity index (χ0v) is 24.1. The lowest BCUT2D eigenvalue weighted by Crippen LogP contribution is -2.44. The van der Waals surface area contributed by atoms with Crippen LogP contribution >= 0.6 is 23.1 Å². The quantitative estimate of drug-likeness (QED) is 0.167. The first-order valence-corrected chi connectivity index (χ1v) is 15.7. The Morgan fingerprint density at radius 1 is 1.18 bits per heavy atom. The molecule has 1 aliphatic carbocycles. The maximum atomic E-state index is 13.5. The van der Waals surface area contributed by atoms with Gasteiger partial charge in [-0.1, -0.05) is 48.2 Å². The van der Waals surface area contributed by atoms with Crippen LogP contribution in [-0.4, -0.2) is 44.5 Å². The van der Waals surface area contributed by atoms with Gasteiger partial charge in [-0.2, -0.15) is 0 Å². The average molecular weight is 576 g/mol. The number of nitrogens with one attached hydrogen (secondary N) is 1. The summed E-state index contributed by atoms with van der Waals surface area (Å²) in [5, 5.41) is 4.51. The molecule has 0 bridgehead atoms. The van der Waals surface area contributed by atoms with Crippen molar-refractivity contribution in [3.8, 4) is 0 Å². The number of fused-ring (bicyclic) bond motifs is 3. The third kappa shape index (κ3) is 5.80. The number of carbonyl (C=O) groups excluding carboxylic acids is 1. The lowest BCUT2D eigenvalue weighted by atomic mass is 9.97. The van der Waals surface area contributed by atoms with Gasteiger partial charge in [-0.05, 0) is 49.7 Å². The number of hydrogen-bond acceptors (Lipinski definition) is 8. The molecule has 1 amide bonds. The third-order valence-electron chi connectivity index (χ3n) is 7.63. The number of thioether (sulfide) groups is 1. The lowest BCUT2D eigenvalue weighted by Gasteiger charge is -2.32. The van der Waals surface area contributed by atoms with Crippen molar-refractivity contribution in [3.63, 3.8) is 0 Å². The molecule has 0 saturated carbocycles. The van der Waals surface area contributed by atoms with Crippen LogP contribution in [0.4, 0.5) is 0 Å². The maximum absolute atomic E-state index is 13.5. The number of likely N-dealkylation sites (tertiary alicyclic amines) is 1. The second-order valence-corrected chi connectivity index (χ2v) is 12.4. The Kier molecular flexibility index (Phi) is 8.17. The molecular weight excluding hydrogens is 542 g/mol. The normalized spacial score (nSPS) is 16.2. The van der Waals surface area contributed by atoms with Crippen molar-refractivity contribution in [2.75, 3.05) is 13.1 Å². The van der Waals surface area contributed by atoms with E-state index in [1.54, 1.807) is 22.0 Å². The maximum Gasteiger partial charge on any atom is 0.273 e. The fourth-order valence-corrected chi connectivity index (χ4v) is 7.73. The van der Waals surface area contributed by atoms with Crippen molar-refractivity contribution in [1.82, 2.24) is 24.8 Å². The van der Waals surface area contributed by atoms with Crippen molar-refractivity contribution in [2.45, 2.75) is 68.6 Å². The van der Waals surface area contributed by atoms with Crippen LogP contribution < -0.4 is 10.9 Å². The van der Waals surface area contributed by atoms with Crippen molar-refractivity contribution < 1.29 is 9.21 Å². The van der Waals surface area contributed by atoms with Gasteiger partial charge in [0, 0.05) is 37.1 Å². The first kappa shape index (κ1) is 27.0. The standard InChI is InChI=1S/C30H33N5O3S2/c1-2-14-35-29(37)26-22-10-6-7-11-24(22)40-28(26)33-30(35)39-19-25-32-23(18-38-25)27(36)31-21-12-15-34(16-13-21)17-20-8-4-3-5-9-20/h2-5,8-9,18,21H,1,6-7,10-17,19H2,(H,31,36). The summed E-state index contributed by atoms with van der Waals surface area (Å²) in [7, 11) is 0. The summed E-state index contributed by atoms with van der Waals surface area (Å²) < 4.78 is 7.31. The number of thiophene rings is 1. The lowest BCUT2D eigenvalue weighted by molar-refractivity contribution is 0.0904. The van der Waals surface area contributed by atoms with Gasteiger partial charge < -0.3 is 9.73 Å². The predicted octanol–water partition coefficient (Wildman–Crippen LogP) is 5.20. The molecule has 1 aromatic carbocycles. The molecule has 1 fully saturated rings. The van der Waals surface area contributed by atoms with E-state index in [1.807, 2.05) is 6.07 Å². The molecular formula is C30H33N5O3S2. The number of hydrogen-bond donors (Lipinski definition) is 1. The van der Waals surface area contributed by atoms with E-state index in [-0.39, 0.29) is 23.2 Å². The average Bonchev–Trinajstić information content (AvgIpc) is 3.60. The minimum atomic E-state index is -0.214. The number of aryl methyl sites for hydroxylation is 2. The van der Waals surface area contributed by atoms with E-state index in [2.05, 4.69) is 46.0 Å². The molecule has 0 unspecified atom stereocenters. The second kappa shape index (κ2) is 12.1. The van der Waals surface area contributed by atoms with Gasteiger partial charge in [0.25, 0.3) is 11.5 Å². The van der Waals surface area contributed by atoms with Gasteiger partial charge in [0.05, 0.1) is 11.1 Å². The zero-order chi connectivity index (χ0) is 27.5. The van der Waals surface area contributed by atoms with Gasteiger partial charge in [-0.25, -0.2) is 9.97 Å². The van der Waals surface area contributed by atoms with Crippen LogP contribution in [0, 0.1) is 0 Å². The van der Waals surface area contributed by atoms with Gasteiger partial charge in [-0.3, -0.25) is 19.1 Å². The van der Waals surface area contributed by atoms with E-state index in [0.29, 0.717) is 23.3 Å². The molecule has 1 saturated heterocycles. The number of allylic oxidation sites excluding steroid dienone is 1. The van der Waals surface area contributed by atoms with Crippen molar-refractivity contribution in [2.24, 2.45) is 0 Å². The Morgan fingerprint density at radius 2 is 1.98 bits per heavy atom. The first-order valence-electron chi connectivity index (χ1n) is 13.9. The predicted molar refractivity (Wildman–Crippen MR) is 159 cm³/mol. The number of nitrogens with zero attached hydrogens (tertiary/aromatic N) is 4.